The van der Waals surface area contributed by atoms with Gasteiger partial charge in [0, 0.05) is 6.54 Å². The van der Waals surface area contributed by atoms with Gasteiger partial charge in [0.15, 0.2) is 0 Å². The fraction of sp³-hybridized carbons (Fsp3) is 0.818. The standard InChI is InChI=1S/C11H20N2O4/c1-4-9(10(14)15)12-11(16)13-5-8(3)17-6-7(13)2/h7-9H,4-6H2,1-3H3,(H,12,16)(H,14,15)/t7?,8?,9-/m0/s1. The third kappa shape index (κ3) is 3.59. The molecule has 1 aliphatic heterocycles. The van der Waals surface area contributed by atoms with Crippen LogP contribution in [0.5, 0.6) is 0 Å². The van der Waals surface area contributed by atoms with Crippen molar-refractivity contribution in [1.82, 2.24) is 10.2 Å². The van der Waals surface area contributed by atoms with Crippen LogP contribution in [0.25, 0.3) is 0 Å². The minimum Gasteiger partial charge on any atom is -0.480 e. The van der Waals surface area contributed by atoms with Crippen LogP contribution in [-0.2, 0) is 9.53 Å². The van der Waals surface area contributed by atoms with Gasteiger partial charge in [-0.15, -0.1) is 0 Å². The number of carbonyl (C=O) groups excluding carboxylic acids is 1. The molecule has 0 aliphatic carbocycles. The Morgan fingerprint density at radius 2 is 2.18 bits per heavy atom. The summed E-state index contributed by atoms with van der Waals surface area (Å²) in [6.45, 7) is 6.47. The minimum atomic E-state index is -1.00. The number of amides is 2. The lowest BCUT2D eigenvalue weighted by Gasteiger charge is -2.37. The van der Waals surface area contributed by atoms with Gasteiger partial charge in [-0.1, -0.05) is 6.92 Å². The van der Waals surface area contributed by atoms with E-state index in [9.17, 15) is 9.59 Å². The van der Waals surface area contributed by atoms with E-state index in [1.807, 2.05) is 13.8 Å². The lowest BCUT2D eigenvalue weighted by Crippen LogP contribution is -2.56. The molecule has 3 atom stereocenters. The van der Waals surface area contributed by atoms with Gasteiger partial charge in [-0.05, 0) is 20.3 Å². The molecule has 2 amide bonds. The molecule has 0 spiro atoms. The molecular formula is C11H20N2O4. The number of aliphatic carboxylic acids is 1. The summed E-state index contributed by atoms with van der Waals surface area (Å²) in [5.74, 6) is -1.00. The van der Waals surface area contributed by atoms with Crippen LogP contribution in [0.4, 0.5) is 4.79 Å². The maximum absolute atomic E-state index is 11.9. The van der Waals surface area contributed by atoms with Gasteiger partial charge in [0.05, 0.1) is 18.8 Å². The molecule has 0 aromatic heterocycles. The van der Waals surface area contributed by atoms with Crippen LogP contribution in [0.15, 0.2) is 0 Å². The summed E-state index contributed by atoms with van der Waals surface area (Å²) in [4.78, 5) is 24.4. The summed E-state index contributed by atoms with van der Waals surface area (Å²) in [5.41, 5.74) is 0. The van der Waals surface area contributed by atoms with Crippen LogP contribution in [0.3, 0.4) is 0 Å². The largest absolute Gasteiger partial charge is 0.480 e. The van der Waals surface area contributed by atoms with E-state index in [-0.39, 0.29) is 18.2 Å². The van der Waals surface area contributed by atoms with Crippen LogP contribution >= 0.6 is 0 Å². The van der Waals surface area contributed by atoms with Gasteiger partial charge in [-0.25, -0.2) is 9.59 Å². The Kier molecular flexibility index (Phi) is 4.74. The average molecular weight is 244 g/mol. The number of carboxylic acids is 1. The summed E-state index contributed by atoms with van der Waals surface area (Å²) < 4.78 is 5.41. The number of hydrogen-bond donors (Lipinski definition) is 2. The zero-order chi connectivity index (χ0) is 13.0. The number of ether oxygens (including phenoxy) is 1. The van der Waals surface area contributed by atoms with Crippen molar-refractivity contribution < 1.29 is 19.4 Å². The van der Waals surface area contributed by atoms with Gasteiger partial charge in [-0.2, -0.15) is 0 Å². The summed E-state index contributed by atoms with van der Waals surface area (Å²) in [6.07, 6.45) is 0.358. The molecule has 2 unspecified atom stereocenters. The fourth-order valence-electron chi connectivity index (χ4n) is 1.76. The number of carbonyl (C=O) groups is 2. The summed E-state index contributed by atoms with van der Waals surface area (Å²) in [7, 11) is 0. The Balaban J connectivity index is 2.59. The Morgan fingerprint density at radius 3 is 2.71 bits per heavy atom. The summed E-state index contributed by atoms with van der Waals surface area (Å²) in [5, 5.41) is 11.4. The third-order valence-electron chi connectivity index (χ3n) is 2.87. The normalized spacial score (nSPS) is 26.4. The molecular weight excluding hydrogens is 224 g/mol. The maximum atomic E-state index is 11.9. The van der Waals surface area contributed by atoms with Crippen molar-refractivity contribution in [3.63, 3.8) is 0 Å². The number of hydrogen-bond acceptors (Lipinski definition) is 3. The van der Waals surface area contributed by atoms with Gasteiger partial charge in [0.25, 0.3) is 0 Å². The number of carboxylic acid groups (broad SMARTS) is 1. The SMILES string of the molecule is CC[C@H](NC(=O)N1CC(C)OCC1C)C(=O)O. The highest BCUT2D eigenvalue weighted by Gasteiger charge is 2.29. The topological polar surface area (TPSA) is 78.9 Å². The molecule has 0 radical (unpaired) electrons. The Labute approximate surface area is 101 Å². The number of nitrogens with zero attached hydrogens (tertiary/aromatic N) is 1. The van der Waals surface area contributed by atoms with Crippen molar-refractivity contribution in [2.45, 2.75) is 45.4 Å². The van der Waals surface area contributed by atoms with Crippen molar-refractivity contribution in [2.75, 3.05) is 13.2 Å². The molecule has 98 valence electrons. The first-order chi connectivity index (χ1) is 7.95. The first-order valence-electron chi connectivity index (χ1n) is 5.87. The first-order valence-corrected chi connectivity index (χ1v) is 5.87. The van der Waals surface area contributed by atoms with E-state index in [4.69, 9.17) is 9.84 Å². The van der Waals surface area contributed by atoms with Crippen LogP contribution in [-0.4, -0.2) is 53.3 Å². The van der Waals surface area contributed by atoms with Crippen molar-refractivity contribution >= 4 is 12.0 Å². The molecule has 6 heteroatoms. The van der Waals surface area contributed by atoms with Gasteiger partial charge in [0.1, 0.15) is 6.04 Å². The van der Waals surface area contributed by atoms with E-state index in [2.05, 4.69) is 5.32 Å². The molecule has 0 aromatic carbocycles. The highest BCUT2D eigenvalue weighted by molar-refractivity contribution is 5.82. The second-order valence-corrected chi connectivity index (χ2v) is 4.39. The predicted octanol–water partition coefficient (Wildman–Crippen LogP) is 0.668. The van der Waals surface area contributed by atoms with Crippen molar-refractivity contribution in [3.05, 3.63) is 0 Å². The van der Waals surface area contributed by atoms with Gasteiger partial charge < -0.3 is 20.1 Å². The number of urea groups is 1. The monoisotopic (exact) mass is 244 g/mol. The summed E-state index contributed by atoms with van der Waals surface area (Å²) >= 11 is 0. The zero-order valence-corrected chi connectivity index (χ0v) is 10.5. The number of rotatable bonds is 3. The van der Waals surface area contributed by atoms with Crippen LogP contribution < -0.4 is 5.32 Å². The Morgan fingerprint density at radius 1 is 1.53 bits per heavy atom. The molecule has 6 nitrogen and oxygen atoms in total. The molecule has 0 saturated carbocycles. The second kappa shape index (κ2) is 5.86. The maximum Gasteiger partial charge on any atom is 0.326 e. The average Bonchev–Trinajstić information content (AvgIpc) is 2.28. The first kappa shape index (κ1) is 13.8. The van der Waals surface area contributed by atoms with Crippen LogP contribution in [0.1, 0.15) is 27.2 Å². The van der Waals surface area contributed by atoms with Crippen LogP contribution in [0.2, 0.25) is 0 Å². The van der Waals surface area contributed by atoms with Crippen molar-refractivity contribution in [3.8, 4) is 0 Å². The zero-order valence-electron chi connectivity index (χ0n) is 10.5. The molecule has 1 saturated heterocycles. The molecule has 1 rings (SSSR count). The molecule has 0 bridgehead atoms. The minimum absolute atomic E-state index is 0.0122. The second-order valence-electron chi connectivity index (χ2n) is 4.39. The quantitative estimate of drug-likeness (QED) is 0.764. The van der Waals surface area contributed by atoms with E-state index in [1.54, 1.807) is 11.8 Å². The lowest BCUT2D eigenvalue weighted by molar-refractivity contribution is -0.139. The molecule has 2 N–H and O–H groups in total. The molecule has 17 heavy (non-hydrogen) atoms. The van der Waals surface area contributed by atoms with E-state index in [0.29, 0.717) is 19.6 Å². The van der Waals surface area contributed by atoms with E-state index in [1.165, 1.54) is 0 Å². The highest BCUT2D eigenvalue weighted by Crippen LogP contribution is 2.11. The van der Waals surface area contributed by atoms with Gasteiger partial charge in [0.2, 0.25) is 0 Å². The fourth-order valence-corrected chi connectivity index (χ4v) is 1.76. The Hall–Kier alpha value is -1.30. The molecule has 1 heterocycles. The number of nitrogens with one attached hydrogen (secondary N) is 1. The van der Waals surface area contributed by atoms with E-state index >= 15 is 0 Å². The molecule has 0 aromatic rings. The van der Waals surface area contributed by atoms with E-state index < -0.39 is 12.0 Å². The van der Waals surface area contributed by atoms with E-state index in [0.717, 1.165) is 0 Å². The summed E-state index contributed by atoms with van der Waals surface area (Å²) in [6, 6.07) is -1.19. The lowest BCUT2D eigenvalue weighted by atomic mass is 10.2. The molecule has 1 fully saturated rings. The van der Waals surface area contributed by atoms with Crippen LogP contribution in [0, 0.1) is 0 Å². The van der Waals surface area contributed by atoms with Crippen molar-refractivity contribution in [2.24, 2.45) is 0 Å². The third-order valence-corrected chi connectivity index (χ3v) is 2.87. The smallest absolute Gasteiger partial charge is 0.326 e. The predicted molar refractivity (Wildman–Crippen MR) is 61.8 cm³/mol. The molecule has 1 aliphatic rings. The highest BCUT2D eigenvalue weighted by atomic mass is 16.5. The van der Waals surface area contributed by atoms with Gasteiger partial charge in [-0.3, -0.25) is 0 Å². The van der Waals surface area contributed by atoms with Crippen molar-refractivity contribution in [1.29, 1.82) is 0 Å². The van der Waals surface area contributed by atoms with Gasteiger partial charge >= 0.3 is 12.0 Å². The number of morpholine rings is 1. The Bertz CT molecular complexity index is 295.